The number of benzene rings is 3. The van der Waals surface area contributed by atoms with Crippen molar-refractivity contribution in [3.63, 3.8) is 0 Å². The second-order valence-corrected chi connectivity index (χ2v) is 9.33. The maximum absolute atomic E-state index is 12.7. The molecule has 3 aromatic carbocycles. The van der Waals surface area contributed by atoms with Gasteiger partial charge in [0.25, 0.3) is 15.9 Å². The molecule has 0 radical (unpaired) electrons. The summed E-state index contributed by atoms with van der Waals surface area (Å²) in [5, 5.41) is 3.29. The first-order valence-electron chi connectivity index (χ1n) is 9.57. The summed E-state index contributed by atoms with van der Waals surface area (Å²) in [4.78, 5) is 12.5. The van der Waals surface area contributed by atoms with Crippen molar-refractivity contribution in [3.05, 3.63) is 82.9 Å². The fourth-order valence-corrected chi connectivity index (χ4v) is 4.15. The highest BCUT2D eigenvalue weighted by Gasteiger charge is 2.17. The van der Waals surface area contributed by atoms with Gasteiger partial charge >= 0.3 is 0 Å². The van der Waals surface area contributed by atoms with Crippen LogP contribution in [0.5, 0.6) is 5.75 Å². The third kappa shape index (κ3) is 6.23. The van der Waals surface area contributed by atoms with Gasteiger partial charge < -0.3 is 10.1 Å². The summed E-state index contributed by atoms with van der Waals surface area (Å²) in [6, 6.07) is 18.1. The zero-order valence-electron chi connectivity index (χ0n) is 17.3. The Morgan fingerprint density at radius 3 is 2.06 bits per heavy atom. The molecule has 0 aliphatic heterocycles. The van der Waals surface area contributed by atoms with Crippen LogP contribution in [0.4, 0.5) is 11.4 Å². The molecular formula is C23H23ClN2O4S. The molecular weight excluding hydrogens is 436 g/mol. The molecule has 0 fully saturated rings. The molecule has 0 heterocycles. The van der Waals surface area contributed by atoms with E-state index in [0.29, 0.717) is 22.1 Å². The molecule has 162 valence electrons. The van der Waals surface area contributed by atoms with Gasteiger partial charge in [-0.15, -0.1) is 0 Å². The van der Waals surface area contributed by atoms with Gasteiger partial charge in [0.2, 0.25) is 0 Å². The lowest BCUT2D eigenvalue weighted by Crippen LogP contribution is -2.30. The second kappa shape index (κ2) is 9.41. The Balaban J connectivity index is 1.64. The van der Waals surface area contributed by atoms with Crippen molar-refractivity contribution in [1.29, 1.82) is 0 Å². The van der Waals surface area contributed by atoms with E-state index in [-0.39, 0.29) is 10.8 Å². The molecule has 3 rings (SSSR count). The van der Waals surface area contributed by atoms with E-state index in [2.05, 4.69) is 10.0 Å². The SMILES string of the molecule is Cc1cc(C)cc(NS(=O)(=O)c2ccc(NC(=O)C(C)Oc3ccc(Cl)cc3)cc2)c1. The molecule has 0 aliphatic carbocycles. The van der Waals surface area contributed by atoms with E-state index < -0.39 is 16.1 Å². The van der Waals surface area contributed by atoms with Gasteiger partial charge in [0.05, 0.1) is 4.90 Å². The van der Waals surface area contributed by atoms with Gasteiger partial charge in [-0.05, 0) is 92.6 Å². The first-order valence-corrected chi connectivity index (χ1v) is 11.4. The van der Waals surface area contributed by atoms with Gasteiger partial charge in [0.1, 0.15) is 5.75 Å². The number of ether oxygens (including phenoxy) is 1. The van der Waals surface area contributed by atoms with Crippen molar-refractivity contribution in [2.75, 3.05) is 10.0 Å². The highest BCUT2D eigenvalue weighted by molar-refractivity contribution is 7.92. The van der Waals surface area contributed by atoms with Gasteiger partial charge in [-0.3, -0.25) is 9.52 Å². The van der Waals surface area contributed by atoms with E-state index >= 15 is 0 Å². The molecule has 1 amide bonds. The van der Waals surface area contributed by atoms with Gasteiger partial charge in [-0.2, -0.15) is 0 Å². The molecule has 0 aliphatic rings. The minimum atomic E-state index is -3.75. The van der Waals surface area contributed by atoms with Crippen LogP contribution in [0.15, 0.2) is 71.6 Å². The summed E-state index contributed by atoms with van der Waals surface area (Å²) >= 11 is 5.84. The van der Waals surface area contributed by atoms with Crippen molar-refractivity contribution >= 4 is 38.9 Å². The van der Waals surface area contributed by atoms with Gasteiger partial charge in [-0.1, -0.05) is 17.7 Å². The van der Waals surface area contributed by atoms with Crippen LogP contribution < -0.4 is 14.8 Å². The summed E-state index contributed by atoms with van der Waals surface area (Å²) in [7, 11) is -3.75. The summed E-state index contributed by atoms with van der Waals surface area (Å²) < 4.78 is 33.5. The molecule has 0 spiro atoms. The van der Waals surface area contributed by atoms with Crippen LogP contribution in [0, 0.1) is 13.8 Å². The quantitative estimate of drug-likeness (QED) is 0.512. The van der Waals surface area contributed by atoms with Crippen LogP contribution in [0.1, 0.15) is 18.1 Å². The Labute approximate surface area is 187 Å². The summed E-state index contributed by atoms with van der Waals surface area (Å²) in [6.45, 7) is 5.43. The lowest BCUT2D eigenvalue weighted by Gasteiger charge is -2.15. The minimum Gasteiger partial charge on any atom is -0.481 e. The molecule has 0 bridgehead atoms. The van der Waals surface area contributed by atoms with Crippen LogP contribution in [0.3, 0.4) is 0 Å². The standard InChI is InChI=1S/C23H23ClN2O4S/c1-15-12-16(2)14-20(13-15)26-31(28,29)22-10-6-19(7-11-22)25-23(27)17(3)30-21-8-4-18(24)5-9-21/h4-14,17,26H,1-3H3,(H,25,27). The summed E-state index contributed by atoms with van der Waals surface area (Å²) in [6.07, 6.45) is -0.754. The smallest absolute Gasteiger partial charge is 0.265 e. The molecule has 1 atom stereocenters. The minimum absolute atomic E-state index is 0.0927. The van der Waals surface area contributed by atoms with E-state index in [4.69, 9.17) is 16.3 Å². The number of hydrogen-bond donors (Lipinski definition) is 2. The first-order chi connectivity index (χ1) is 14.6. The third-order valence-electron chi connectivity index (χ3n) is 4.40. The fraction of sp³-hybridized carbons (Fsp3) is 0.174. The number of sulfonamides is 1. The highest BCUT2D eigenvalue weighted by atomic mass is 35.5. The van der Waals surface area contributed by atoms with E-state index in [1.54, 1.807) is 43.3 Å². The van der Waals surface area contributed by atoms with E-state index in [1.807, 2.05) is 19.9 Å². The van der Waals surface area contributed by atoms with Crippen LogP contribution in [-0.4, -0.2) is 20.4 Å². The van der Waals surface area contributed by atoms with Crippen molar-refractivity contribution in [3.8, 4) is 5.75 Å². The molecule has 3 aromatic rings. The van der Waals surface area contributed by atoms with Crippen LogP contribution in [0.25, 0.3) is 0 Å². The van der Waals surface area contributed by atoms with E-state index in [1.165, 1.54) is 24.3 Å². The molecule has 8 heteroatoms. The normalized spacial score (nSPS) is 12.1. The lowest BCUT2D eigenvalue weighted by molar-refractivity contribution is -0.122. The molecule has 31 heavy (non-hydrogen) atoms. The van der Waals surface area contributed by atoms with E-state index in [0.717, 1.165) is 11.1 Å². The number of nitrogens with one attached hydrogen (secondary N) is 2. The van der Waals surface area contributed by atoms with Gasteiger partial charge in [0, 0.05) is 16.4 Å². The molecule has 1 unspecified atom stereocenters. The number of aryl methyl sites for hydroxylation is 2. The number of rotatable bonds is 7. The number of amides is 1. The van der Waals surface area contributed by atoms with Crippen LogP contribution in [-0.2, 0) is 14.8 Å². The number of carbonyl (C=O) groups is 1. The Bertz CT molecular complexity index is 1160. The summed E-state index contributed by atoms with van der Waals surface area (Å²) in [5.41, 5.74) is 2.89. The highest BCUT2D eigenvalue weighted by Crippen LogP contribution is 2.21. The average Bonchev–Trinajstić information content (AvgIpc) is 2.69. The maximum Gasteiger partial charge on any atom is 0.265 e. The monoisotopic (exact) mass is 458 g/mol. The molecule has 0 saturated heterocycles. The number of carbonyl (C=O) groups excluding carboxylic acids is 1. The van der Waals surface area contributed by atoms with E-state index in [9.17, 15) is 13.2 Å². The van der Waals surface area contributed by atoms with Crippen molar-refractivity contribution in [2.24, 2.45) is 0 Å². The second-order valence-electron chi connectivity index (χ2n) is 7.21. The van der Waals surface area contributed by atoms with Crippen LogP contribution >= 0.6 is 11.6 Å². The van der Waals surface area contributed by atoms with Crippen LogP contribution in [0.2, 0.25) is 5.02 Å². The maximum atomic E-state index is 12.7. The number of anilines is 2. The molecule has 0 aromatic heterocycles. The average molecular weight is 459 g/mol. The molecule has 6 nitrogen and oxygen atoms in total. The van der Waals surface area contributed by atoms with Crippen molar-refractivity contribution < 1.29 is 17.9 Å². The molecule has 0 saturated carbocycles. The Morgan fingerprint density at radius 2 is 1.48 bits per heavy atom. The number of halogens is 1. The van der Waals surface area contributed by atoms with Gasteiger partial charge in [0.15, 0.2) is 6.10 Å². The topological polar surface area (TPSA) is 84.5 Å². The fourth-order valence-electron chi connectivity index (χ4n) is 2.98. The Kier molecular flexibility index (Phi) is 6.87. The predicted octanol–water partition coefficient (Wildman–Crippen LogP) is 5.16. The number of hydrogen-bond acceptors (Lipinski definition) is 4. The summed E-state index contributed by atoms with van der Waals surface area (Å²) in [5.74, 6) is 0.157. The largest absolute Gasteiger partial charge is 0.481 e. The Hall–Kier alpha value is -3.03. The Morgan fingerprint density at radius 1 is 0.903 bits per heavy atom. The first kappa shape index (κ1) is 22.7. The van der Waals surface area contributed by atoms with Crippen molar-refractivity contribution in [2.45, 2.75) is 31.8 Å². The third-order valence-corrected chi connectivity index (χ3v) is 6.05. The zero-order valence-corrected chi connectivity index (χ0v) is 18.9. The van der Waals surface area contributed by atoms with Crippen molar-refractivity contribution in [1.82, 2.24) is 0 Å². The lowest BCUT2D eigenvalue weighted by atomic mass is 10.1. The predicted molar refractivity (Wildman–Crippen MR) is 123 cm³/mol. The van der Waals surface area contributed by atoms with Gasteiger partial charge in [-0.25, -0.2) is 8.42 Å². The molecule has 2 N–H and O–H groups in total. The zero-order chi connectivity index (χ0) is 22.6.